The van der Waals surface area contributed by atoms with Gasteiger partial charge >= 0.3 is 5.97 Å². The van der Waals surface area contributed by atoms with Crippen LogP contribution >= 0.6 is 23.2 Å². The zero-order valence-electron chi connectivity index (χ0n) is 10.6. The summed E-state index contributed by atoms with van der Waals surface area (Å²) in [6, 6.07) is 9.87. The predicted octanol–water partition coefficient (Wildman–Crippen LogP) is 4.11. The minimum Gasteiger partial charge on any atom is -0.465 e. The van der Waals surface area contributed by atoms with E-state index in [1.807, 2.05) is 0 Å². The normalized spacial score (nSPS) is 10.2. The average molecular weight is 311 g/mol. The van der Waals surface area contributed by atoms with Gasteiger partial charge in [-0.15, -0.1) is 0 Å². The zero-order chi connectivity index (χ0) is 14.7. The van der Waals surface area contributed by atoms with E-state index in [4.69, 9.17) is 28.9 Å². The van der Waals surface area contributed by atoms with E-state index in [2.05, 4.69) is 10.1 Å². The van der Waals surface area contributed by atoms with Gasteiger partial charge < -0.3 is 15.8 Å². The van der Waals surface area contributed by atoms with Crippen LogP contribution in [-0.2, 0) is 4.74 Å². The third-order valence-corrected chi connectivity index (χ3v) is 3.22. The van der Waals surface area contributed by atoms with Crippen LogP contribution in [0.1, 0.15) is 10.4 Å². The summed E-state index contributed by atoms with van der Waals surface area (Å²) in [5.74, 6) is -0.435. The molecule has 0 radical (unpaired) electrons. The SMILES string of the molecule is COC(=O)c1ccc(N)c(Nc2ccc(Cl)cc2Cl)c1. The van der Waals surface area contributed by atoms with Crippen LogP contribution in [0.4, 0.5) is 17.1 Å². The summed E-state index contributed by atoms with van der Waals surface area (Å²) in [5, 5.41) is 4.06. The van der Waals surface area contributed by atoms with Gasteiger partial charge in [-0.3, -0.25) is 0 Å². The quantitative estimate of drug-likeness (QED) is 0.661. The van der Waals surface area contributed by atoms with E-state index in [9.17, 15) is 4.79 Å². The molecule has 2 aromatic carbocycles. The van der Waals surface area contributed by atoms with Crippen molar-refractivity contribution in [1.82, 2.24) is 0 Å². The van der Waals surface area contributed by atoms with Gasteiger partial charge in [-0.2, -0.15) is 0 Å². The van der Waals surface area contributed by atoms with Crippen LogP contribution in [0.25, 0.3) is 0 Å². The highest BCUT2D eigenvalue weighted by Crippen LogP contribution is 2.31. The Morgan fingerprint density at radius 3 is 2.55 bits per heavy atom. The van der Waals surface area contributed by atoms with Crippen molar-refractivity contribution >= 4 is 46.2 Å². The molecule has 0 fully saturated rings. The second kappa shape index (κ2) is 6.03. The van der Waals surface area contributed by atoms with E-state index in [-0.39, 0.29) is 0 Å². The molecule has 0 aliphatic rings. The number of carbonyl (C=O) groups is 1. The lowest BCUT2D eigenvalue weighted by atomic mass is 10.1. The number of halogens is 2. The summed E-state index contributed by atoms with van der Waals surface area (Å²) < 4.78 is 4.67. The Hall–Kier alpha value is -1.91. The van der Waals surface area contributed by atoms with E-state index < -0.39 is 5.97 Å². The Morgan fingerprint density at radius 1 is 1.15 bits per heavy atom. The van der Waals surface area contributed by atoms with Crippen LogP contribution in [-0.4, -0.2) is 13.1 Å². The number of rotatable bonds is 3. The largest absolute Gasteiger partial charge is 0.465 e. The molecular formula is C14H12Cl2N2O2. The number of nitrogens with two attached hydrogens (primary N) is 1. The van der Waals surface area contributed by atoms with Crippen LogP contribution in [0.5, 0.6) is 0 Å². The van der Waals surface area contributed by atoms with Crippen LogP contribution in [0.2, 0.25) is 10.0 Å². The first kappa shape index (κ1) is 14.5. The summed E-state index contributed by atoms with van der Waals surface area (Å²) in [6.07, 6.45) is 0. The molecule has 4 nitrogen and oxygen atoms in total. The Bertz CT molecular complexity index is 660. The first-order valence-corrected chi connectivity index (χ1v) is 6.47. The average Bonchev–Trinajstić information content (AvgIpc) is 2.43. The lowest BCUT2D eigenvalue weighted by Gasteiger charge is -2.12. The molecule has 0 aliphatic heterocycles. The van der Waals surface area contributed by atoms with Gasteiger partial charge in [0.15, 0.2) is 0 Å². The molecule has 20 heavy (non-hydrogen) atoms. The van der Waals surface area contributed by atoms with Gasteiger partial charge in [-0.25, -0.2) is 4.79 Å². The zero-order valence-corrected chi connectivity index (χ0v) is 12.1. The number of hydrogen-bond acceptors (Lipinski definition) is 4. The monoisotopic (exact) mass is 310 g/mol. The lowest BCUT2D eigenvalue weighted by Crippen LogP contribution is -2.04. The first-order chi connectivity index (χ1) is 9.51. The highest BCUT2D eigenvalue weighted by Gasteiger charge is 2.10. The van der Waals surface area contributed by atoms with Gasteiger partial charge in [-0.1, -0.05) is 23.2 Å². The molecule has 0 unspecified atom stereocenters. The Morgan fingerprint density at radius 2 is 1.90 bits per heavy atom. The number of nitrogens with one attached hydrogen (secondary N) is 1. The molecule has 0 saturated heterocycles. The topological polar surface area (TPSA) is 64.3 Å². The summed E-state index contributed by atoms with van der Waals surface area (Å²) >= 11 is 11.9. The number of methoxy groups -OCH3 is 1. The number of nitrogen functional groups attached to an aromatic ring is 1. The van der Waals surface area contributed by atoms with Crippen LogP contribution < -0.4 is 11.1 Å². The molecule has 2 rings (SSSR count). The van der Waals surface area contributed by atoms with Gasteiger partial charge in [0.05, 0.1) is 34.8 Å². The van der Waals surface area contributed by atoms with Crippen molar-refractivity contribution in [1.29, 1.82) is 0 Å². The van der Waals surface area contributed by atoms with Gasteiger partial charge in [0.2, 0.25) is 0 Å². The maximum absolute atomic E-state index is 11.5. The van der Waals surface area contributed by atoms with Gasteiger partial charge in [-0.05, 0) is 36.4 Å². The van der Waals surface area contributed by atoms with E-state index in [0.717, 1.165) is 0 Å². The molecule has 0 heterocycles. The van der Waals surface area contributed by atoms with Crippen LogP contribution in [0.3, 0.4) is 0 Å². The van der Waals surface area contributed by atoms with Crippen molar-refractivity contribution in [2.24, 2.45) is 0 Å². The second-order valence-corrected chi connectivity index (χ2v) is 4.89. The van der Waals surface area contributed by atoms with Gasteiger partial charge in [0, 0.05) is 5.02 Å². The van der Waals surface area contributed by atoms with Crippen molar-refractivity contribution in [3.05, 3.63) is 52.0 Å². The third-order valence-electron chi connectivity index (χ3n) is 2.67. The molecule has 0 atom stereocenters. The fraction of sp³-hybridized carbons (Fsp3) is 0.0714. The second-order valence-electron chi connectivity index (χ2n) is 4.04. The number of carbonyl (C=O) groups excluding carboxylic acids is 1. The van der Waals surface area contributed by atoms with Crippen LogP contribution in [0, 0.1) is 0 Å². The van der Waals surface area contributed by atoms with Gasteiger partial charge in [0.1, 0.15) is 0 Å². The molecule has 0 bridgehead atoms. The highest BCUT2D eigenvalue weighted by atomic mass is 35.5. The molecule has 0 saturated carbocycles. The van der Waals surface area contributed by atoms with Crippen molar-refractivity contribution in [3.63, 3.8) is 0 Å². The summed E-state index contributed by atoms with van der Waals surface area (Å²) in [6.45, 7) is 0. The molecule has 0 spiro atoms. The number of anilines is 3. The molecule has 0 aliphatic carbocycles. The predicted molar refractivity (Wildman–Crippen MR) is 81.9 cm³/mol. The summed E-state index contributed by atoms with van der Waals surface area (Å²) in [7, 11) is 1.32. The fourth-order valence-corrected chi connectivity index (χ4v) is 2.10. The van der Waals surface area contributed by atoms with Crippen molar-refractivity contribution in [2.75, 3.05) is 18.2 Å². The van der Waals surface area contributed by atoms with Crippen molar-refractivity contribution < 1.29 is 9.53 Å². The first-order valence-electron chi connectivity index (χ1n) is 5.71. The summed E-state index contributed by atoms with van der Waals surface area (Å²) in [5.41, 5.74) is 7.97. The number of esters is 1. The van der Waals surface area contributed by atoms with Crippen molar-refractivity contribution in [3.8, 4) is 0 Å². The minimum absolute atomic E-state index is 0.397. The number of ether oxygens (including phenoxy) is 1. The molecule has 0 amide bonds. The molecule has 2 aromatic rings. The molecule has 6 heteroatoms. The van der Waals surface area contributed by atoms with Gasteiger partial charge in [0.25, 0.3) is 0 Å². The van der Waals surface area contributed by atoms with E-state index in [0.29, 0.717) is 32.7 Å². The highest BCUT2D eigenvalue weighted by molar-refractivity contribution is 6.36. The molecule has 3 N–H and O–H groups in total. The Labute approximate surface area is 126 Å². The van der Waals surface area contributed by atoms with E-state index >= 15 is 0 Å². The van der Waals surface area contributed by atoms with E-state index in [1.165, 1.54) is 7.11 Å². The van der Waals surface area contributed by atoms with Crippen LogP contribution in [0.15, 0.2) is 36.4 Å². The molecule has 0 aromatic heterocycles. The minimum atomic E-state index is -0.435. The Balaban J connectivity index is 2.35. The lowest BCUT2D eigenvalue weighted by molar-refractivity contribution is 0.0601. The third kappa shape index (κ3) is 3.15. The molecule has 104 valence electrons. The summed E-state index contributed by atoms with van der Waals surface area (Å²) in [4.78, 5) is 11.5. The number of hydrogen-bond donors (Lipinski definition) is 2. The maximum Gasteiger partial charge on any atom is 0.337 e. The smallest absolute Gasteiger partial charge is 0.337 e. The molecular weight excluding hydrogens is 299 g/mol. The Kier molecular flexibility index (Phi) is 4.37. The fourth-order valence-electron chi connectivity index (χ4n) is 1.65. The maximum atomic E-state index is 11.5. The standard InChI is InChI=1S/C14H12Cl2N2O2/c1-20-14(19)8-2-4-11(17)13(6-8)18-12-5-3-9(15)7-10(12)16/h2-7,18H,17H2,1H3. The van der Waals surface area contributed by atoms with E-state index in [1.54, 1.807) is 36.4 Å². The number of benzene rings is 2. The van der Waals surface area contributed by atoms with Crippen molar-refractivity contribution in [2.45, 2.75) is 0 Å².